The molecule has 0 saturated carbocycles. The lowest BCUT2D eigenvalue weighted by atomic mass is 10.2. The number of nitrogens with zero attached hydrogens (tertiary/aromatic N) is 2. The molecule has 0 fully saturated rings. The molecule has 0 aliphatic rings. The fourth-order valence-corrected chi connectivity index (χ4v) is 3.08. The van der Waals surface area contributed by atoms with E-state index in [4.69, 9.17) is 11.6 Å². The van der Waals surface area contributed by atoms with E-state index in [0.29, 0.717) is 10.6 Å². The average Bonchev–Trinajstić information content (AvgIpc) is 2.44. The summed E-state index contributed by atoms with van der Waals surface area (Å²) in [6.07, 6.45) is 0. The van der Waals surface area contributed by atoms with Crippen molar-refractivity contribution >= 4 is 33.0 Å². The number of benzene rings is 2. The molecule has 0 radical (unpaired) electrons. The number of para-hydroxylation sites is 1. The molecule has 0 saturated heterocycles. The second-order valence-corrected chi connectivity index (χ2v) is 6.15. The molecule has 0 atom stereocenters. The largest absolute Gasteiger partial charge is 0.572 e. The highest BCUT2D eigenvalue weighted by Gasteiger charge is 2.19. The third kappa shape index (κ3) is 3.14. The van der Waals surface area contributed by atoms with Gasteiger partial charge in [-0.15, -0.1) is 5.69 Å². The van der Waals surface area contributed by atoms with Crippen LogP contribution in [0.5, 0.6) is 0 Å². The highest BCUT2D eigenvalue weighted by atomic mass is 35.5. The van der Waals surface area contributed by atoms with Crippen LogP contribution >= 0.6 is 11.6 Å². The minimum Gasteiger partial charge on any atom is -0.572 e. The van der Waals surface area contributed by atoms with Crippen LogP contribution in [0.3, 0.4) is 0 Å². The summed E-state index contributed by atoms with van der Waals surface area (Å²) >= 11 is 5.91. The molecule has 2 aromatic carbocycles. The van der Waals surface area contributed by atoms with Gasteiger partial charge >= 0.3 is 0 Å². The van der Waals surface area contributed by atoms with Gasteiger partial charge in [-0.25, -0.2) is 8.42 Å². The topological polar surface area (TPSA) is 91.4 Å². The van der Waals surface area contributed by atoms with Gasteiger partial charge in [-0.05, 0) is 24.6 Å². The van der Waals surface area contributed by atoms with Gasteiger partial charge in [-0.1, -0.05) is 35.9 Å². The molecule has 21 heavy (non-hydrogen) atoms. The number of rotatable bonds is 4. The first-order valence-electron chi connectivity index (χ1n) is 5.79. The first-order chi connectivity index (χ1) is 9.83. The van der Waals surface area contributed by atoms with E-state index < -0.39 is 25.5 Å². The van der Waals surface area contributed by atoms with Crippen molar-refractivity contribution in [2.75, 3.05) is 0 Å². The molecule has 0 aliphatic heterocycles. The zero-order chi connectivity index (χ0) is 15.6. The third-order valence-corrected chi connectivity index (χ3v) is 4.55. The van der Waals surface area contributed by atoms with E-state index >= 15 is 0 Å². The van der Waals surface area contributed by atoms with Crippen LogP contribution in [0.25, 0.3) is 4.72 Å². The molecule has 0 heterocycles. The van der Waals surface area contributed by atoms with Gasteiger partial charge in [0.2, 0.25) is 0 Å². The van der Waals surface area contributed by atoms with Crippen molar-refractivity contribution in [1.82, 2.24) is 0 Å². The average molecular weight is 326 g/mol. The molecular weight excluding hydrogens is 316 g/mol. The van der Waals surface area contributed by atoms with Gasteiger partial charge in [0.25, 0.3) is 5.69 Å². The molecule has 0 amide bonds. The van der Waals surface area contributed by atoms with E-state index in [1.54, 1.807) is 19.1 Å². The Kier molecular flexibility index (Phi) is 4.15. The van der Waals surface area contributed by atoms with E-state index in [1.165, 1.54) is 18.2 Å². The molecule has 0 spiro atoms. The molecular formula is C13H10ClN2O4S-. The Labute approximate surface area is 126 Å². The summed E-state index contributed by atoms with van der Waals surface area (Å²) < 4.78 is 28.2. The zero-order valence-electron chi connectivity index (χ0n) is 10.9. The van der Waals surface area contributed by atoms with Crippen molar-refractivity contribution in [3.05, 3.63) is 67.9 Å². The first kappa shape index (κ1) is 15.3. The summed E-state index contributed by atoms with van der Waals surface area (Å²) in [4.78, 5) is 9.71. The molecule has 0 unspecified atom stereocenters. The number of sulfonamides is 1. The highest BCUT2D eigenvalue weighted by molar-refractivity contribution is 7.94. The second-order valence-electron chi connectivity index (χ2n) is 4.18. The molecule has 2 aromatic rings. The quantitative estimate of drug-likeness (QED) is 0.628. The Bertz CT molecular complexity index is 806. The normalized spacial score (nSPS) is 11.1. The standard InChI is InChI=1S/C13H10ClN2O4S/c1-9-10(14)5-4-6-11(9)15-21(19,20)13-8-3-2-7-12(13)16(17)18/h2-8H,1H3/q-1. The van der Waals surface area contributed by atoms with Crippen LogP contribution in [0.2, 0.25) is 5.02 Å². The number of hydrogen-bond donors (Lipinski definition) is 0. The maximum absolute atomic E-state index is 12.3. The van der Waals surface area contributed by atoms with Crippen LogP contribution in [0.15, 0.2) is 47.4 Å². The SMILES string of the molecule is Cc1c(Cl)cccc1[N-]S(=O)(=O)c1ccccc1[N+](=O)[O-]. The second kappa shape index (κ2) is 5.71. The lowest BCUT2D eigenvalue weighted by Gasteiger charge is -2.24. The van der Waals surface area contributed by atoms with Crippen LogP contribution in [-0.2, 0) is 10.0 Å². The van der Waals surface area contributed by atoms with Gasteiger partial charge < -0.3 is 4.72 Å². The van der Waals surface area contributed by atoms with E-state index in [-0.39, 0.29) is 5.69 Å². The van der Waals surface area contributed by atoms with Gasteiger partial charge in [0, 0.05) is 11.1 Å². The maximum atomic E-state index is 12.3. The van der Waals surface area contributed by atoms with Crippen molar-refractivity contribution in [3.63, 3.8) is 0 Å². The maximum Gasteiger partial charge on any atom is 0.286 e. The lowest BCUT2D eigenvalue weighted by molar-refractivity contribution is -0.387. The Hall–Kier alpha value is -2.12. The van der Waals surface area contributed by atoms with E-state index in [1.807, 2.05) is 0 Å². The van der Waals surface area contributed by atoms with E-state index in [9.17, 15) is 18.5 Å². The minimum absolute atomic E-state index is 0.153. The predicted octanol–water partition coefficient (Wildman–Crippen LogP) is 3.95. The van der Waals surface area contributed by atoms with Crippen LogP contribution in [-0.4, -0.2) is 13.3 Å². The molecule has 0 bridgehead atoms. The Morgan fingerprint density at radius 2 is 1.81 bits per heavy atom. The van der Waals surface area contributed by atoms with Crippen LogP contribution in [0.1, 0.15) is 5.56 Å². The highest BCUT2D eigenvalue weighted by Crippen LogP contribution is 2.36. The van der Waals surface area contributed by atoms with Crippen molar-refractivity contribution in [1.29, 1.82) is 0 Å². The minimum atomic E-state index is -4.20. The van der Waals surface area contributed by atoms with E-state index in [2.05, 4.69) is 4.72 Å². The predicted molar refractivity (Wildman–Crippen MR) is 79.5 cm³/mol. The molecule has 8 heteroatoms. The van der Waals surface area contributed by atoms with Crippen LogP contribution in [0, 0.1) is 17.0 Å². The van der Waals surface area contributed by atoms with E-state index in [0.717, 1.165) is 12.1 Å². The summed E-state index contributed by atoms with van der Waals surface area (Å²) in [6, 6.07) is 9.70. The van der Waals surface area contributed by atoms with Crippen molar-refractivity contribution in [2.24, 2.45) is 0 Å². The fraction of sp³-hybridized carbons (Fsp3) is 0.0769. The van der Waals surface area contributed by atoms with Gasteiger partial charge in [0.05, 0.1) is 4.92 Å². The summed E-state index contributed by atoms with van der Waals surface area (Å²) in [6.45, 7) is 1.62. The van der Waals surface area contributed by atoms with Gasteiger partial charge in [0.1, 0.15) is 14.9 Å². The first-order valence-corrected chi connectivity index (χ1v) is 7.61. The smallest absolute Gasteiger partial charge is 0.286 e. The fourth-order valence-electron chi connectivity index (χ4n) is 1.70. The molecule has 0 aliphatic carbocycles. The van der Waals surface area contributed by atoms with Crippen molar-refractivity contribution in [3.8, 4) is 0 Å². The van der Waals surface area contributed by atoms with Crippen LogP contribution in [0.4, 0.5) is 11.4 Å². The van der Waals surface area contributed by atoms with Gasteiger partial charge in [0.15, 0.2) is 0 Å². The lowest BCUT2D eigenvalue weighted by Crippen LogP contribution is -2.03. The van der Waals surface area contributed by atoms with Gasteiger partial charge in [-0.2, -0.15) is 0 Å². The summed E-state index contributed by atoms with van der Waals surface area (Å²) in [5.74, 6) is 0. The summed E-state index contributed by atoms with van der Waals surface area (Å²) in [5, 5.41) is 11.3. The monoisotopic (exact) mass is 325 g/mol. The number of nitro groups is 1. The summed E-state index contributed by atoms with van der Waals surface area (Å²) in [7, 11) is -4.20. The third-order valence-electron chi connectivity index (χ3n) is 2.80. The number of nitro benzene ring substituents is 1. The molecule has 2 rings (SSSR count). The number of halogens is 1. The van der Waals surface area contributed by atoms with Crippen molar-refractivity contribution < 1.29 is 13.3 Å². The molecule has 110 valence electrons. The molecule has 0 aromatic heterocycles. The Morgan fingerprint density at radius 3 is 2.48 bits per heavy atom. The number of hydrogen-bond acceptors (Lipinski definition) is 4. The van der Waals surface area contributed by atoms with Crippen LogP contribution < -0.4 is 0 Å². The summed E-state index contributed by atoms with van der Waals surface area (Å²) in [5.41, 5.74) is 0.128. The zero-order valence-corrected chi connectivity index (χ0v) is 12.4. The molecule has 6 nitrogen and oxygen atoms in total. The Morgan fingerprint density at radius 1 is 1.14 bits per heavy atom. The van der Waals surface area contributed by atoms with Gasteiger partial charge in [-0.3, -0.25) is 10.1 Å². The Balaban J connectivity index is 2.49. The molecule has 0 N–H and O–H groups in total. The van der Waals surface area contributed by atoms with Crippen molar-refractivity contribution in [2.45, 2.75) is 11.8 Å².